The highest BCUT2D eigenvalue weighted by Gasteiger charge is 2.10. The minimum absolute atomic E-state index is 0.0510. The standard InChI is InChI=1S/C12H25NO5S/c1-11(2)18-9-5-4-8-13-19(15,16)10-6-7-12(14)17-3/h11,13H,4-10H2,1-3H3. The smallest absolute Gasteiger partial charge is 0.305 e. The number of carbonyl (C=O) groups excluding carboxylic acids is 1. The van der Waals surface area contributed by atoms with E-state index in [0.717, 1.165) is 12.8 Å². The van der Waals surface area contributed by atoms with Gasteiger partial charge in [-0.05, 0) is 33.1 Å². The van der Waals surface area contributed by atoms with Crippen LogP contribution in [0.4, 0.5) is 0 Å². The molecule has 1 N–H and O–H groups in total. The second kappa shape index (κ2) is 10.2. The van der Waals surface area contributed by atoms with E-state index in [2.05, 4.69) is 9.46 Å². The molecular formula is C12H25NO5S. The first kappa shape index (κ1) is 18.3. The summed E-state index contributed by atoms with van der Waals surface area (Å²) in [6.07, 6.45) is 2.17. The highest BCUT2D eigenvalue weighted by Crippen LogP contribution is 1.98. The Hall–Kier alpha value is -0.660. The van der Waals surface area contributed by atoms with Crippen LogP contribution in [0.3, 0.4) is 0 Å². The molecule has 0 aromatic heterocycles. The molecule has 0 saturated carbocycles. The normalized spacial score (nSPS) is 11.8. The first-order valence-corrected chi connectivity index (χ1v) is 8.18. The van der Waals surface area contributed by atoms with Crippen molar-refractivity contribution in [2.75, 3.05) is 26.0 Å². The topological polar surface area (TPSA) is 81.7 Å². The van der Waals surface area contributed by atoms with Gasteiger partial charge < -0.3 is 9.47 Å². The fourth-order valence-corrected chi connectivity index (χ4v) is 2.48. The highest BCUT2D eigenvalue weighted by atomic mass is 32.2. The van der Waals surface area contributed by atoms with Gasteiger partial charge in [0, 0.05) is 19.6 Å². The number of carbonyl (C=O) groups is 1. The number of unbranched alkanes of at least 4 members (excludes halogenated alkanes) is 1. The van der Waals surface area contributed by atoms with Crippen LogP contribution in [0.15, 0.2) is 0 Å². The third-order valence-corrected chi connectivity index (χ3v) is 3.84. The molecule has 0 bridgehead atoms. The van der Waals surface area contributed by atoms with Crippen LogP contribution in [0.5, 0.6) is 0 Å². The predicted octanol–water partition coefficient (Wildman–Crippen LogP) is 1.06. The molecule has 0 saturated heterocycles. The molecule has 0 aromatic rings. The van der Waals surface area contributed by atoms with E-state index in [0.29, 0.717) is 13.2 Å². The number of sulfonamides is 1. The van der Waals surface area contributed by atoms with Crippen molar-refractivity contribution >= 4 is 16.0 Å². The molecule has 0 aliphatic carbocycles. The molecule has 0 amide bonds. The van der Waals surface area contributed by atoms with E-state index < -0.39 is 10.0 Å². The number of esters is 1. The van der Waals surface area contributed by atoms with Crippen molar-refractivity contribution in [1.82, 2.24) is 4.72 Å². The summed E-state index contributed by atoms with van der Waals surface area (Å²) >= 11 is 0. The molecule has 0 aliphatic rings. The summed E-state index contributed by atoms with van der Waals surface area (Å²) in [5, 5.41) is 0. The maximum absolute atomic E-state index is 11.5. The van der Waals surface area contributed by atoms with Gasteiger partial charge in [-0.1, -0.05) is 0 Å². The van der Waals surface area contributed by atoms with Gasteiger partial charge in [-0.3, -0.25) is 4.79 Å². The summed E-state index contributed by atoms with van der Waals surface area (Å²) in [7, 11) is -2.00. The summed E-state index contributed by atoms with van der Waals surface area (Å²) in [6, 6.07) is 0. The Balaban J connectivity index is 3.60. The second-order valence-electron chi connectivity index (χ2n) is 4.52. The lowest BCUT2D eigenvalue weighted by molar-refractivity contribution is -0.140. The molecule has 7 heteroatoms. The number of rotatable bonds is 11. The SMILES string of the molecule is COC(=O)CCCS(=O)(=O)NCCCCOC(C)C. The molecule has 19 heavy (non-hydrogen) atoms. The van der Waals surface area contributed by atoms with Gasteiger partial charge in [0.25, 0.3) is 0 Å². The van der Waals surface area contributed by atoms with Gasteiger partial charge in [0.15, 0.2) is 0 Å². The Morgan fingerprint density at radius 2 is 1.89 bits per heavy atom. The predicted molar refractivity (Wildman–Crippen MR) is 73.4 cm³/mol. The zero-order chi connectivity index (χ0) is 14.7. The fraction of sp³-hybridized carbons (Fsp3) is 0.917. The Labute approximate surface area is 115 Å². The maximum Gasteiger partial charge on any atom is 0.305 e. The molecule has 0 fully saturated rings. The van der Waals surface area contributed by atoms with Crippen LogP contribution in [-0.2, 0) is 24.3 Å². The lowest BCUT2D eigenvalue weighted by Crippen LogP contribution is -2.27. The van der Waals surface area contributed by atoms with Gasteiger partial charge in [-0.25, -0.2) is 13.1 Å². The van der Waals surface area contributed by atoms with E-state index in [9.17, 15) is 13.2 Å². The second-order valence-corrected chi connectivity index (χ2v) is 6.45. The van der Waals surface area contributed by atoms with Crippen LogP contribution in [0.25, 0.3) is 0 Å². The van der Waals surface area contributed by atoms with Crippen molar-refractivity contribution in [3.8, 4) is 0 Å². The van der Waals surface area contributed by atoms with Gasteiger partial charge in [-0.2, -0.15) is 0 Å². The molecule has 0 rings (SSSR count). The summed E-state index contributed by atoms with van der Waals surface area (Å²) in [5.41, 5.74) is 0. The van der Waals surface area contributed by atoms with Gasteiger partial charge in [0.05, 0.1) is 19.0 Å². The van der Waals surface area contributed by atoms with Crippen molar-refractivity contribution in [2.45, 2.75) is 45.6 Å². The zero-order valence-corrected chi connectivity index (χ0v) is 12.8. The highest BCUT2D eigenvalue weighted by molar-refractivity contribution is 7.89. The van der Waals surface area contributed by atoms with Gasteiger partial charge in [0.2, 0.25) is 10.0 Å². The van der Waals surface area contributed by atoms with Crippen LogP contribution in [0, 0.1) is 0 Å². The Bertz CT molecular complexity index is 340. The van der Waals surface area contributed by atoms with Crippen LogP contribution >= 0.6 is 0 Å². The van der Waals surface area contributed by atoms with E-state index in [1.165, 1.54) is 7.11 Å². The van der Waals surface area contributed by atoms with Gasteiger partial charge >= 0.3 is 5.97 Å². The summed E-state index contributed by atoms with van der Waals surface area (Å²) in [4.78, 5) is 10.8. The summed E-state index contributed by atoms with van der Waals surface area (Å²) < 4.78 is 35.4. The molecule has 0 aromatic carbocycles. The number of hydrogen-bond acceptors (Lipinski definition) is 5. The lowest BCUT2D eigenvalue weighted by Gasteiger charge is -2.08. The van der Waals surface area contributed by atoms with Gasteiger partial charge in [0.1, 0.15) is 0 Å². The average Bonchev–Trinajstić information content (AvgIpc) is 2.32. The third kappa shape index (κ3) is 12.1. The summed E-state index contributed by atoms with van der Waals surface area (Å²) in [5.74, 6) is -0.439. The van der Waals surface area contributed by atoms with Crippen LogP contribution in [-0.4, -0.2) is 46.5 Å². The minimum atomic E-state index is -3.29. The first-order chi connectivity index (χ1) is 8.87. The van der Waals surface area contributed by atoms with E-state index in [-0.39, 0.29) is 30.7 Å². The maximum atomic E-state index is 11.5. The van der Waals surface area contributed by atoms with Crippen molar-refractivity contribution in [1.29, 1.82) is 0 Å². The summed E-state index contributed by atoms with van der Waals surface area (Å²) in [6.45, 7) is 4.97. The first-order valence-electron chi connectivity index (χ1n) is 6.53. The Morgan fingerprint density at radius 3 is 2.47 bits per heavy atom. The van der Waals surface area contributed by atoms with Crippen molar-refractivity contribution in [2.24, 2.45) is 0 Å². The van der Waals surface area contributed by atoms with E-state index in [1.54, 1.807) is 0 Å². The molecule has 0 unspecified atom stereocenters. The zero-order valence-electron chi connectivity index (χ0n) is 12.0. The van der Waals surface area contributed by atoms with Crippen molar-refractivity contribution in [3.05, 3.63) is 0 Å². The van der Waals surface area contributed by atoms with Gasteiger partial charge in [-0.15, -0.1) is 0 Å². The number of nitrogens with one attached hydrogen (secondary N) is 1. The molecule has 0 aliphatic heterocycles. The van der Waals surface area contributed by atoms with E-state index in [4.69, 9.17) is 4.74 Å². The molecular weight excluding hydrogens is 270 g/mol. The quantitative estimate of drug-likeness (QED) is 0.455. The van der Waals surface area contributed by atoms with Crippen LogP contribution < -0.4 is 4.72 Å². The van der Waals surface area contributed by atoms with E-state index in [1.807, 2.05) is 13.8 Å². The Kier molecular flexibility index (Phi) is 9.81. The van der Waals surface area contributed by atoms with Crippen molar-refractivity contribution in [3.63, 3.8) is 0 Å². The average molecular weight is 295 g/mol. The molecule has 0 spiro atoms. The molecule has 0 radical (unpaired) electrons. The molecule has 0 heterocycles. The number of hydrogen-bond donors (Lipinski definition) is 1. The molecule has 114 valence electrons. The number of methoxy groups -OCH3 is 1. The molecule has 6 nitrogen and oxygen atoms in total. The van der Waals surface area contributed by atoms with Crippen LogP contribution in [0.2, 0.25) is 0 Å². The molecule has 0 atom stereocenters. The van der Waals surface area contributed by atoms with Crippen molar-refractivity contribution < 1.29 is 22.7 Å². The fourth-order valence-electron chi connectivity index (χ4n) is 1.35. The monoisotopic (exact) mass is 295 g/mol. The lowest BCUT2D eigenvalue weighted by atomic mass is 10.3. The van der Waals surface area contributed by atoms with Crippen LogP contribution in [0.1, 0.15) is 39.5 Å². The Morgan fingerprint density at radius 1 is 1.21 bits per heavy atom. The minimum Gasteiger partial charge on any atom is -0.469 e. The number of ether oxygens (including phenoxy) is 2. The van der Waals surface area contributed by atoms with E-state index >= 15 is 0 Å². The third-order valence-electron chi connectivity index (χ3n) is 2.37. The largest absolute Gasteiger partial charge is 0.469 e.